The molecular weight excluding hydrogens is 526 g/mol. The smallest absolute Gasteiger partial charge is 0.330 e. The third-order valence-electron chi connectivity index (χ3n) is 8.74. The summed E-state index contributed by atoms with van der Waals surface area (Å²) in [5.74, 6) is 0.439. The van der Waals surface area contributed by atoms with Gasteiger partial charge in [-0.15, -0.1) is 0 Å². The van der Waals surface area contributed by atoms with Crippen LogP contribution in [0.1, 0.15) is 42.4 Å². The molecule has 0 radical (unpaired) electrons. The van der Waals surface area contributed by atoms with E-state index in [1.54, 1.807) is 38.6 Å². The van der Waals surface area contributed by atoms with Crippen molar-refractivity contribution in [1.82, 2.24) is 19.6 Å². The van der Waals surface area contributed by atoms with E-state index >= 15 is 0 Å². The fourth-order valence-corrected chi connectivity index (χ4v) is 6.62. The number of pyridine rings is 1. The molecule has 1 N–H and O–H groups in total. The Balaban J connectivity index is 1.42. The van der Waals surface area contributed by atoms with Crippen molar-refractivity contribution in [3.63, 3.8) is 0 Å². The van der Waals surface area contributed by atoms with Gasteiger partial charge < -0.3 is 14.4 Å². The number of carbonyl (C=O) groups excluding carboxylic acids is 3. The molecule has 0 aliphatic carbocycles. The maximum absolute atomic E-state index is 14.4. The Morgan fingerprint density at radius 2 is 1.85 bits per heavy atom. The highest BCUT2D eigenvalue weighted by molar-refractivity contribution is 6.20. The summed E-state index contributed by atoms with van der Waals surface area (Å²) in [6.45, 7) is 2.52. The first kappa shape index (κ1) is 26.8. The van der Waals surface area contributed by atoms with Crippen molar-refractivity contribution in [1.29, 1.82) is 0 Å². The number of nitrogens with zero attached hydrogens (tertiary/aromatic N) is 4. The van der Waals surface area contributed by atoms with E-state index in [1.807, 2.05) is 24.0 Å². The summed E-state index contributed by atoms with van der Waals surface area (Å²) in [6, 6.07) is 7.82. The molecule has 2 fully saturated rings. The number of nitrogens with one attached hydrogen (secondary N) is 1. The predicted molar refractivity (Wildman–Crippen MR) is 150 cm³/mol. The van der Waals surface area contributed by atoms with Crippen LogP contribution in [0.4, 0.5) is 10.6 Å². The van der Waals surface area contributed by atoms with Crippen molar-refractivity contribution < 1.29 is 23.9 Å². The molecular formula is C30H33N5O6. The molecule has 2 saturated heterocycles. The average Bonchev–Trinajstić information content (AvgIpc) is 3.23. The normalized spacial score (nSPS) is 22.3. The Kier molecular flexibility index (Phi) is 6.67. The lowest BCUT2D eigenvalue weighted by molar-refractivity contribution is -0.153. The molecule has 2 atom stereocenters. The second kappa shape index (κ2) is 10.2. The van der Waals surface area contributed by atoms with Gasteiger partial charge in [0.2, 0.25) is 11.8 Å². The number of fused-ring (bicyclic) bond motifs is 5. The summed E-state index contributed by atoms with van der Waals surface area (Å²) in [7, 11) is 3.09. The van der Waals surface area contributed by atoms with Gasteiger partial charge in [0.15, 0.2) is 16.9 Å². The highest BCUT2D eigenvalue weighted by Crippen LogP contribution is 2.46. The molecule has 11 heteroatoms. The lowest BCUT2D eigenvalue weighted by Gasteiger charge is -2.50. The molecule has 11 nitrogen and oxygen atoms in total. The Labute approximate surface area is 237 Å². The fraction of sp³-hybridized carbons (Fsp3) is 0.433. The zero-order chi connectivity index (χ0) is 28.9. The molecule has 3 aliphatic rings. The van der Waals surface area contributed by atoms with Crippen molar-refractivity contribution >= 4 is 29.3 Å². The largest absolute Gasteiger partial charge is 0.493 e. The molecule has 2 aromatic heterocycles. The van der Waals surface area contributed by atoms with Crippen molar-refractivity contribution in [2.45, 2.75) is 51.5 Å². The molecule has 3 aliphatic heterocycles. The van der Waals surface area contributed by atoms with Gasteiger partial charge in [-0.3, -0.25) is 29.0 Å². The highest BCUT2D eigenvalue weighted by atomic mass is 16.5. The second-order valence-electron chi connectivity index (χ2n) is 11.0. The van der Waals surface area contributed by atoms with Crippen LogP contribution in [-0.2, 0) is 22.4 Å². The van der Waals surface area contributed by atoms with Gasteiger partial charge in [0.1, 0.15) is 11.5 Å². The average molecular weight is 560 g/mol. The van der Waals surface area contributed by atoms with Crippen LogP contribution in [0.15, 0.2) is 41.3 Å². The van der Waals surface area contributed by atoms with Crippen LogP contribution in [-0.4, -0.2) is 65.5 Å². The molecule has 1 aromatic carbocycles. The van der Waals surface area contributed by atoms with E-state index in [4.69, 9.17) is 14.5 Å². The molecule has 0 bridgehead atoms. The zero-order valence-electron chi connectivity index (χ0n) is 23.4. The van der Waals surface area contributed by atoms with E-state index in [1.165, 1.54) is 4.40 Å². The lowest BCUT2D eigenvalue weighted by Crippen LogP contribution is -2.72. The maximum Gasteiger partial charge on any atom is 0.330 e. The minimum atomic E-state index is -1.62. The minimum Gasteiger partial charge on any atom is -0.493 e. The van der Waals surface area contributed by atoms with Crippen LogP contribution >= 0.6 is 0 Å². The van der Waals surface area contributed by atoms with Gasteiger partial charge in [0, 0.05) is 25.7 Å². The number of carbonyl (C=O) groups is 3. The quantitative estimate of drug-likeness (QED) is 0.474. The van der Waals surface area contributed by atoms with Gasteiger partial charge in [-0.2, -0.15) is 0 Å². The Hall–Kier alpha value is -4.41. The number of ether oxygens (including phenoxy) is 2. The van der Waals surface area contributed by atoms with Crippen LogP contribution in [0.25, 0.3) is 5.65 Å². The number of aromatic nitrogens is 2. The number of amides is 4. The number of anilines is 1. The Morgan fingerprint density at radius 3 is 2.63 bits per heavy atom. The van der Waals surface area contributed by atoms with Gasteiger partial charge in [-0.1, -0.05) is 25.0 Å². The van der Waals surface area contributed by atoms with Crippen LogP contribution in [0.3, 0.4) is 0 Å². The number of hydrogen-bond donors (Lipinski definition) is 1. The zero-order valence-corrected chi connectivity index (χ0v) is 23.4. The van der Waals surface area contributed by atoms with E-state index in [0.717, 1.165) is 35.3 Å². The SMILES string of the molecule is COc1ccc(CCN2C(=O)NC(=O)[C@@]3(Cc4c(nc5c(C)cccn5c4=O)N4CCCCC[C@H]43)C2=O)cc1OC. The van der Waals surface area contributed by atoms with Crippen molar-refractivity contribution in [3.8, 4) is 11.5 Å². The number of imide groups is 2. The summed E-state index contributed by atoms with van der Waals surface area (Å²) >= 11 is 0. The number of aryl methyl sites for hydroxylation is 1. The van der Waals surface area contributed by atoms with E-state index in [0.29, 0.717) is 47.9 Å². The molecule has 0 saturated carbocycles. The number of methoxy groups -OCH3 is 2. The van der Waals surface area contributed by atoms with Crippen molar-refractivity contribution in [2.75, 3.05) is 32.2 Å². The van der Waals surface area contributed by atoms with Crippen molar-refractivity contribution in [2.24, 2.45) is 5.41 Å². The molecule has 3 aromatic rings. The maximum atomic E-state index is 14.4. The standard InChI is InChI=1S/C30H33N5O6/c1-18-8-7-14-34-24(18)31-25-20(26(34)36)17-30(23-9-5-4-6-13-33(23)25)27(37)32-29(39)35(28(30)38)15-12-19-10-11-21(40-2)22(16-19)41-3/h7-8,10-11,14,16,23H,4-6,9,12-13,15,17H2,1-3H3,(H,32,37,39)/t23-,30-/m0/s1. The molecule has 4 amide bonds. The van der Waals surface area contributed by atoms with Crippen LogP contribution < -0.4 is 25.2 Å². The summed E-state index contributed by atoms with van der Waals surface area (Å²) in [5.41, 5.74) is 0.651. The summed E-state index contributed by atoms with van der Waals surface area (Å²) in [6.07, 6.45) is 5.07. The monoisotopic (exact) mass is 559 g/mol. The third kappa shape index (κ3) is 4.13. The van der Waals surface area contributed by atoms with Gasteiger partial charge in [0.05, 0.1) is 25.8 Å². The number of hydrogen-bond acceptors (Lipinski definition) is 8. The molecule has 1 spiro atoms. The summed E-state index contributed by atoms with van der Waals surface area (Å²) in [5, 5.41) is 2.47. The molecule has 6 rings (SSSR count). The first-order valence-electron chi connectivity index (χ1n) is 14.0. The third-order valence-corrected chi connectivity index (χ3v) is 8.74. The number of benzene rings is 1. The number of rotatable bonds is 5. The van der Waals surface area contributed by atoms with Gasteiger partial charge in [-0.05, 0) is 55.5 Å². The molecule has 41 heavy (non-hydrogen) atoms. The van der Waals surface area contributed by atoms with Gasteiger partial charge in [-0.25, -0.2) is 9.78 Å². The van der Waals surface area contributed by atoms with Crippen LogP contribution in [0, 0.1) is 12.3 Å². The number of urea groups is 1. The summed E-state index contributed by atoms with van der Waals surface area (Å²) in [4.78, 5) is 63.2. The predicted octanol–water partition coefficient (Wildman–Crippen LogP) is 2.63. The van der Waals surface area contributed by atoms with E-state index in [2.05, 4.69) is 5.32 Å². The first-order valence-corrected chi connectivity index (χ1v) is 14.0. The van der Waals surface area contributed by atoms with Gasteiger partial charge >= 0.3 is 6.03 Å². The first-order chi connectivity index (χ1) is 19.8. The molecule has 0 unspecified atom stereocenters. The van der Waals surface area contributed by atoms with Crippen LogP contribution in [0.2, 0.25) is 0 Å². The second-order valence-corrected chi connectivity index (χ2v) is 11.0. The topological polar surface area (TPSA) is 123 Å². The number of barbiturate groups is 1. The van der Waals surface area contributed by atoms with E-state index in [-0.39, 0.29) is 18.5 Å². The minimum absolute atomic E-state index is 0.0584. The Bertz CT molecular complexity index is 1630. The lowest BCUT2D eigenvalue weighted by atomic mass is 9.68. The molecule has 5 heterocycles. The van der Waals surface area contributed by atoms with E-state index < -0.39 is 29.3 Å². The highest BCUT2D eigenvalue weighted by Gasteiger charge is 2.62. The fourth-order valence-electron chi connectivity index (χ4n) is 6.62. The summed E-state index contributed by atoms with van der Waals surface area (Å²) < 4.78 is 12.2. The van der Waals surface area contributed by atoms with E-state index in [9.17, 15) is 19.2 Å². The molecule has 214 valence electrons. The van der Waals surface area contributed by atoms with Crippen molar-refractivity contribution in [3.05, 3.63) is 63.6 Å². The van der Waals surface area contributed by atoms with Crippen LogP contribution in [0.5, 0.6) is 11.5 Å². The Morgan fingerprint density at radius 1 is 1.05 bits per heavy atom. The van der Waals surface area contributed by atoms with Gasteiger partial charge in [0.25, 0.3) is 5.56 Å².